The summed E-state index contributed by atoms with van der Waals surface area (Å²) in [6.07, 6.45) is 3.90. The molecule has 0 saturated carbocycles. The lowest BCUT2D eigenvalue weighted by Gasteiger charge is -2.12. The number of fused-ring (bicyclic) bond motifs is 3. The Kier molecular flexibility index (Phi) is 4.67. The molecule has 5 rings (SSSR count). The normalized spacial score (nSPS) is 13.9. The number of carboxylic acid groups (broad SMARTS) is 1. The van der Waals surface area contributed by atoms with Gasteiger partial charge in [0.2, 0.25) is 0 Å². The molecule has 3 aromatic carbocycles. The van der Waals surface area contributed by atoms with E-state index in [1.54, 1.807) is 31.6 Å². The Balaban J connectivity index is 1.65. The number of carbonyl (C=O) groups is 1. The first-order chi connectivity index (χ1) is 15.1. The van der Waals surface area contributed by atoms with Crippen molar-refractivity contribution in [3.05, 3.63) is 95.3 Å². The topological polar surface area (TPSA) is 73.6 Å². The van der Waals surface area contributed by atoms with Crippen molar-refractivity contribution in [2.24, 2.45) is 0 Å². The molecule has 6 heteroatoms. The van der Waals surface area contributed by atoms with Crippen LogP contribution in [0.2, 0.25) is 0 Å². The number of imidazole rings is 1. The second kappa shape index (κ2) is 7.65. The summed E-state index contributed by atoms with van der Waals surface area (Å²) < 4.78 is 13.4. The average Bonchev–Trinajstić information content (AvgIpc) is 3.13. The van der Waals surface area contributed by atoms with Gasteiger partial charge in [0, 0.05) is 18.2 Å². The van der Waals surface area contributed by atoms with E-state index in [1.165, 1.54) is 0 Å². The van der Waals surface area contributed by atoms with Gasteiger partial charge in [0.25, 0.3) is 0 Å². The third-order valence-electron chi connectivity index (χ3n) is 5.53. The van der Waals surface area contributed by atoms with Crippen LogP contribution in [0.15, 0.2) is 73.1 Å². The van der Waals surface area contributed by atoms with Crippen LogP contribution in [0.3, 0.4) is 0 Å². The molecule has 31 heavy (non-hydrogen) atoms. The van der Waals surface area contributed by atoms with Crippen molar-refractivity contribution in [3.8, 4) is 11.5 Å². The maximum atomic E-state index is 11.6. The van der Waals surface area contributed by atoms with Gasteiger partial charge in [-0.25, -0.2) is 9.78 Å². The highest BCUT2D eigenvalue weighted by atomic mass is 16.5. The third kappa shape index (κ3) is 3.42. The quantitative estimate of drug-likeness (QED) is 0.523. The first-order valence-electron chi connectivity index (χ1n) is 9.92. The van der Waals surface area contributed by atoms with Gasteiger partial charge in [-0.2, -0.15) is 0 Å². The van der Waals surface area contributed by atoms with E-state index in [9.17, 15) is 9.90 Å². The highest BCUT2D eigenvalue weighted by molar-refractivity contribution is 5.92. The molecule has 0 fully saturated rings. The van der Waals surface area contributed by atoms with Gasteiger partial charge in [0.05, 0.1) is 30.0 Å². The number of methoxy groups -OCH3 is 1. The zero-order chi connectivity index (χ0) is 21.4. The van der Waals surface area contributed by atoms with Crippen LogP contribution in [0, 0.1) is 0 Å². The van der Waals surface area contributed by atoms with Crippen molar-refractivity contribution < 1.29 is 19.4 Å². The SMILES string of the molecule is COc1ccc2ncn(C/C=C3/c4ccccc4COc4ccc(C(=O)O)cc43)c2c1. The van der Waals surface area contributed by atoms with Crippen LogP contribution in [0.1, 0.15) is 27.0 Å². The highest BCUT2D eigenvalue weighted by Crippen LogP contribution is 2.37. The summed E-state index contributed by atoms with van der Waals surface area (Å²) in [4.78, 5) is 16.1. The number of rotatable bonds is 4. The molecule has 6 nitrogen and oxygen atoms in total. The number of hydrogen-bond donors (Lipinski definition) is 1. The lowest BCUT2D eigenvalue weighted by Crippen LogP contribution is -2.00. The van der Waals surface area contributed by atoms with Crippen LogP contribution < -0.4 is 9.47 Å². The van der Waals surface area contributed by atoms with E-state index in [-0.39, 0.29) is 5.56 Å². The summed E-state index contributed by atoms with van der Waals surface area (Å²) in [5.41, 5.74) is 5.88. The van der Waals surface area contributed by atoms with E-state index in [0.717, 1.165) is 39.0 Å². The molecule has 0 radical (unpaired) electrons. The molecule has 0 unspecified atom stereocenters. The summed E-state index contributed by atoms with van der Waals surface area (Å²) >= 11 is 0. The van der Waals surface area contributed by atoms with Gasteiger partial charge in [-0.15, -0.1) is 0 Å². The maximum Gasteiger partial charge on any atom is 0.335 e. The molecule has 2 heterocycles. The van der Waals surface area contributed by atoms with E-state index >= 15 is 0 Å². The lowest BCUT2D eigenvalue weighted by molar-refractivity contribution is 0.0697. The standard InChI is InChI=1S/C25H20N2O4/c1-30-18-7-8-22-23(13-18)27(15-26-22)11-10-20-19-5-3-2-4-17(19)14-31-24-9-6-16(25(28)29)12-21(20)24/h2-10,12-13,15H,11,14H2,1H3,(H,28,29)/b20-10-. The minimum absolute atomic E-state index is 0.227. The molecule has 1 N–H and O–H groups in total. The smallest absolute Gasteiger partial charge is 0.335 e. The van der Waals surface area contributed by atoms with Crippen molar-refractivity contribution >= 4 is 22.6 Å². The fourth-order valence-corrected chi connectivity index (χ4v) is 3.93. The number of benzene rings is 3. The van der Waals surface area contributed by atoms with E-state index < -0.39 is 5.97 Å². The van der Waals surface area contributed by atoms with Crippen LogP contribution in [0.4, 0.5) is 0 Å². The Labute approximate surface area is 179 Å². The van der Waals surface area contributed by atoms with Crippen molar-refractivity contribution in [3.63, 3.8) is 0 Å². The summed E-state index contributed by atoms with van der Waals surface area (Å²) in [7, 11) is 1.64. The van der Waals surface area contributed by atoms with Gasteiger partial charge >= 0.3 is 5.97 Å². The Morgan fingerprint density at radius 3 is 2.87 bits per heavy atom. The molecule has 0 aliphatic carbocycles. The van der Waals surface area contributed by atoms with E-state index in [0.29, 0.717) is 18.9 Å². The summed E-state index contributed by atoms with van der Waals surface area (Å²) in [6.45, 7) is 0.988. The second-order valence-corrected chi connectivity index (χ2v) is 7.33. The third-order valence-corrected chi connectivity index (χ3v) is 5.53. The number of ether oxygens (including phenoxy) is 2. The zero-order valence-electron chi connectivity index (χ0n) is 16.9. The monoisotopic (exact) mass is 412 g/mol. The van der Waals surface area contributed by atoms with E-state index in [1.807, 2.05) is 47.0 Å². The predicted octanol–water partition coefficient (Wildman–Crippen LogP) is 4.77. The van der Waals surface area contributed by atoms with Gasteiger partial charge < -0.3 is 19.1 Å². The molecule has 1 aliphatic heterocycles. The predicted molar refractivity (Wildman–Crippen MR) is 118 cm³/mol. The number of aromatic carboxylic acids is 1. The number of carboxylic acids is 1. The minimum Gasteiger partial charge on any atom is -0.497 e. The fraction of sp³-hybridized carbons (Fsp3) is 0.120. The van der Waals surface area contributed by atoms with Gasteiger partial charge in [0.1, 0.15) is 18.1 Å². The molecular weight excluding hydrogens is 392 g/mol. The van der Waals surface area contributed by atoms with Gasteiger partial charge in [-0.05, 0) is 47.0 Å². The zero-order valence-corrected chi connectivity index (χ0v) is 16.9. The molecule has 4 aromatic rings. The summed E-state index contributed by atoms with van der Waals surface area (Å²) in [5.74, 6) is 0.476. The fourth-order valence-electron chi connectivity index (χ4n) is 3.93. The molecule has 0 spiro atoms. The molecule has 0 atom stereocenters. The van der Waals surface area contributed by atoms with Crippen LogP contribution in [0.25, 0.3) is 16.6 Å². The molecule has 0 bridgehead atoms. The van der Waals surface area contributed by atoms with Crippen molar-refractivity contribution in [1.29, 1.82) is 0 Å². The average molecular weight is 412 g/mol. The van der Waals surface area contributed by atoms with E-state index in [2.05, 4.69) is 11.1 Å². The molecule has 0 amide bonds. The summed E-state index contributed by atoms with van der Waals surface area (Å²) in [6, 6.07) is 18.8. The largest absolute Gasteiger partial charge is 0.497 e. The Morgan fingerprint density at radius 2 is 2.03 bits per heavy atom. The molecule has 154 valence electrons. The number of hydrogen-bond acceptors (Lipinski definition) is 4. The second-order valence-electron chi connectivity index (χ2n) is 7.33. The summed E-state index contributed by atoms with van der Waals surface area (Å²) in [5, 5.41) is 9.50. The van der Waals surface area contributed by atoms with Crippen LogP contribution in [-0.4, -0.2) is 27.7 Å². The van der Waals surface area contributed by atoms with Gasteiger partial charge in [-0.1, -0.05) is 30.3 Å². The van der Waals surface area contributed by atoms with Crippen LogP contribution in [0.5, 0.6) is 11.5 Å². The maximum absolute atomic E-state index is 11.6. The Morgan fingerprint density at radius 1 is 1.16 bits per heavy atom. The molecule has 1 aliphatic rings. The van der Waals surface area contributed by atoms with Crippen molar-refractivity contribution in [2.45, 2.75) is 13.2 Å². The minimum atomic E-state index is -0.965. The number of nitrogens with zero attached hydrogens (tertiary/aromatic N) is 2. The Hall–Kier alpha value is -4.06. The Bertz CT molecular complexity index is 1340. The van der Waals surface area contributed by atoms with Gasteiger partial charge in [-0.3, -0.25) is 0 Å². The molecular formula is C25H20N2O4. The van der Waals surface area contributed by atoms with Crippen LogP contribution >= 0.6 is 0 Å². The van der Waals surface area contributed by atoms with Crippen LogP contribution in [-0.2, 0) is 13.2 Å². The number of aromatic nitrogens is 2. The molecule has 1 aromatic heterocycles. The van der Waals surface area contributed by atoms with E-state index in [4.69, 9.17) is 9.47 Å². The first kappa shape index (κ1) is 18.9. The highest BCUT2D eigenvalue weighted by Gasteiger charge is 2.20. The molecule has 0 saturated heterocycles. The van der Waals surface area contributed by atoms with Crippen molar-refractivity contribution in [2.75, 3.05) is 7.11 Å². The lowest BCUT2D eigenvalue weighted by atomic mass is 9.93. The first-order valence-corrected chi connectivity index (χ1v) is 9.92. The number of allylic oxidation sites excluding steroid dienone is 1. The van der Waals surface area contributed by atoms with Crippen molar-refractivity contribution in [1.82, 2.24) is 9.55 Å². The van der Waals surface area contributed by atoms with Gasteiger partial charge in [0.15, 0.2) is 0 Å².